The number of phosphoric ester groups is 1. The number of aromatic nitrogens is 1. The number of nitrogens with one attached hydrogen (secondary N) is 1. The molecular weight excluding hydrogens is 345 g/mol. The molecule has 0 atom stereocenters. The van der Waals surface area contributed by atoms with Gasteiger partial charge in [0.15, 0.2) is 0 Å². The first-order valence-electron chi connectivity index (χ1n) is 7.17. The molecule has 0 amide bonds. The fraction of sp³-hybridized carbons (Fsp3) is 0.0625. The maximum Gasteiger partial charge on any atom is 0.524 e. The van der Waals surface area contributed by atoms with Gasteiger partial charge in [0.05, 0.1) is 5.56 Å². The van der Waals surface area contributed by atoms with Crippen molar-refractivity contribution in [3.63, 3.8) is 0 Å². The minimum absolute atomic E-state index is 0.0288. The van der Waals surface area contributed by atoms with Gasteiger partial charge >= 0.3 is 7.82 Å². The van der Waals surface area contributed by atoms with E-state index in [2.05, 4.69) is 15.6 Å². The normalized spacial score (nSPS) is 11.3. The van der Waals surface area contributed by atoms with Gasteiger partial charge in [-0.25, -0.2) is 4.57 Å². The number of phosphoric acid groups is 1. The first-order valence-corrected chi connectivity index (χ1v) is 8.70. The Morgan fingerprint density at radius 1 is 1.12 bits per heavy atom. The molecule has 2 aromatic carbocycles. The topological polar surface area (TPSA) is 142 Å². The molecule has 8 nitrogen and oxygen atoms in total. The Labute approximate surface area is 142 Å². The average Bonchev–Trinajstić information content (AvgIpc) is 2.92. The molecule has 0 aliphatic heterocycles. The van der Waals surface area contributed by atoms with E-state index in [0.717, 1.165) is 5.52 Å². The van der Waals surface area contributed by atoms with E-state index in [4.69, 9.17) is 20.3 Å². The summed E-state index contributed by atoms with van der Waals surface area (Å²) in [5, 5.41) is 10.0. The third kappa shape index (κ3) is 3.82. The lowest BCUT2D eigenvalue weighted by Crippen LogP contribution is -1.98. The minimum atomic E-state index is -4.59. The van der Waals surface area contributed by atoms with E-state index >= 15 is 0 Å². The molecule has 5 N–H and O–H groups in total. The zero-order valence-electron chi connectivity index (χ0n) is 12.8. The summed E-state index contributed by atoms with van der Waals surface area (Å²) >= 11 is 0. The standard InChI is InChI=1S/C16H14N3O5P/c17-8-14-13-7-12(5-6-15(13)19-16(14)9-18)23-10-1-3-11(4-2-10)24-25(20,21)22/h1-7,19H,9,18H2,(H2,20,21,22). The van der Waals surface area contributed by atoms with Crippen LogP contribution < -0.4 is 15.0 Å². The van der Waals surface area contributed by atoms with E-state index in [-0.39, 0.29) is 12.3 Å². The predicted octanol–water partition coefficient (Wildman–Crippen LogP) is 2.76. The molecule has 25 heavy (non-hydrogen) atoms. The van der Waals surface area contributed by atoms with Gasteiger partial charge in [0.25, 0.3) is 0 Å². The maximum absolute atomic E-state index is 10.8. The third-order valence-corrected chi connectivity index (χ3v) is 3.90. The summed E-state index contributed by atoms with van der Waals surface area (Å²) in [6.07, 6.45) is 0. The summed E-state index contributed by atoms with van der Waals surface area (Å²) in [7, 11) is -4.59. The lowest BCUT2D eigenvalue weighted by molar-refractivity contribution is 0.283. The summed E-state index contributed by atoms with van der Waals surface area (Å²) in [5.74, 6) is 0.988. The molecule has 3 aromatic rings. The van der Waals surface area contributed by atoms with Crippen molar-refractivity contribution in [1.29, 1.82) is 5.26 Å². The van der Waals surface area contributed by atoms with Crippen LogP contribution in [0.15, 0.2) is 42.5 Å². The number of nitriles is 1. The quantitative estimate of drug-likeness (QED) is 0.513. The molecule has 0 spiro atoms. The number of rotatable bonds is 5. The van der Waals surface area contributed by atoms with E-state index in [1.54, 1.807) is 18.2 Å². The van der Waals surface area contributed by atoms with Gasteiger partial charge in [0.2, 0.25) is 0 Å². The molecule has 0 fully saturated rings. The lowest BCUT2D eigenvalue weighted by Gasteiger charge is -2.09. The number of hydrogen-bond donors (Lipinski definition) is 4. The summed E-state index contributed by atoms with van der Waals surface area (Å²) in [6, 6.07) is 13.2. The van der Waals surface area contributed by atoms with Crippen molar-refractivity contribution in [3.05, 3.63) is 53.7 Å². The predicted molar refractivity (Wildman–Crippen MR) is 90.1 cm³/mol. The zero-order chi connectivity index (χ0) is 18.0. The van der Waals surface area contributed by atoms with Gasteiger partial charge in [-0.2, -0.15) is 5.26 Å². The second kappa shape index (κ2) is 6.59. The highest BCUT2D eigenvalue weighted by Gasteiger charge is 2.15. The summed E-state index contributed by atoms with van der Waals surface area (Å²) in [4.78, 5) is 20.6. The van der Waals surface area contributed by atoms with Crippen LogP contribution in [0.3, 0.4) is 0 Å². The Bertz CT molecular complexity index is 1000. The Morgan fingerprint density at radius 3 is 2.36 bits per heavy atom. The van der Waals surface area contributed by atoms with Crippen molar-refractivity contribution < 1.29 is 23.6 Å². The molecule has 128 valence electrons. The Kier molecular flexibility index (Phi) is 4.49. The molecule has 0 saturated heterocycles. The maximum atomic E-state index is 10.8. The van der Waals surface area contributed by atoms with Crippen molar-refractivity contribution in [3.8, 4) is 23.3 Å². The molecule has 0 saturated carbocycles. The molecular formula is C16H14N3O5P. The van der Waals surface area contributed by atoms with Crippen LogP contribution in [0.25, 0.3) is 10.9 Å². The number of nitrogens with two attached hydrogens (primary N) is 1. The van der Waals surface area contributed by atoms with E-state index in [0.29, 0.717) is 28.1 Å². The summed E-state index contributed by atoms with van der Waals surface area (Å²) in [5.41, 5.74) is 7.56. The van der Waals surface area contributed by atoms with Crippen LogP contribution in [0.5, 0.6) is 17.2 Å². The molecule has 0 aliphatic carbocycles. The number of nitrogens with zero attached hydrogens (tertiary/aromatic N) is 1. The highest BCUT2D eigenvalue weighted by atomic mass is 31.2. The zero-order valence-corrected chi connectivity index (χ0v) is 13.7. The summed E-state index contributed by atoms with van der Waals surface area (Å²) in [6.45, 7) is 0.231. The van der Waals surface area contributed by atoms with E-state index in [1.807, 2.05) is 0 Å². The fourth-order valence-corrected chi connectivity index (χ4v) is 2.81. The monoisotopic (exact) mass is 359 g/mol. The van der Waals surface area contributed by atoms with Gasteiger partial charge in [-0.1, -0.05) is 0 Å². The number of aromatic amines is 1. The van der Waals surface area contributed by atoms with Gasteiger partial charge < -0.3 is 20.0 Å². The molecule has 0 radical (unpaired) electrons. The summed E-state index contributed by atoms with van der Waals surface area (Å²) < 4.78 is 21.0. The van der Waals surface area contributed by atoms with Gasteiger partial charge in [0, 0.05) is 23.1 Å². The van der Waals surface area contributed by atoms with E-state index in [1.165, 1.54) is 24.3 Å². The van der Waals surface area contributed by atoms with Crippen molar-refractivity contribution in [2.24, 2.45) is 5.73 Å². The molecule has 9 heteroatoms. The number of hydrogen-bond acceptors (Lipinski definition) is 5. The number of H-pyrrole nitrogens is 1. The third-order valence-electron chi connectivity index (χ3n) is 3.45. The number of benzene rings is 2. The van der Waals surface area contributed by atoms with Crippen molar-refractivity contribution in [2.45, 2.75) is 6.54 Å². The van der Waals surface area contributed by atoms with Crippen LogP contribution in [0.4, 0.5) is 0 Å². The van der Waals surface area contributed by atoms with Crippen LogP contribution in [-0.4, -0.2) is 14.8 Å². The van der Waals surface area contributed by atoms with Crippen molar-refractivity contribution >= 4 is 18.7 Å². The fourth-order valence-electron chi connectivity index (χ4n) is 2.41. The van der Waals surface area contributed by atoms with Crippen LogP contribution in [0.1, 0.15) is 11.3 Å². The van der Waals surface area contributed by atoms with Gasteiger partial charge in [0.1, 0.15) is 23.3 Å². The second-order valence-electron chi connectivity index (χ2n) is 5.16. The van der Waals surface area contributed by atoms with Gasteiger partial charge in [-0.05, 0) is 42.5 Å². The van der Waals surface area contributed by atoms with Gasteiger partial charge in [-0.15, -0.1) is 0 Å². The molecule has 3 rings (SSSR count). The largest absolute Gasteiger partial charge is 0.524 e. The highest BCUT2D eigenvalue weighted by molar-refractivity contribution is 7.46. The van der Waals surface area contributed by atoms with E-state index in [9.17, 15) is 9.83 Å². The van der Waals surface area contributed by atoms with E-state index < -0.39 is 7.82 Å². The van der Waals surface area contributed by atoms with Crippen LogP contribution >= 0.6 is 7.82 Å². The first kappa shape index (κ1) is 17.0. The molecule has 1 aromatic heterocycles. The number of fused-ring (bicyclic) bond motifs is 1. The van der Waals surface area contributed by atoms with Crippen LogP contribution in [0.2, 0.25) is 0 Å². The average molecular weight is 359 g/mol. The molecule has 0 aliphatic rings. The lowest BCUT2D eigenvalue weighted by atomic mass is 10.1. The van der Waals surface area contributed by atoms with Crippen molar-refractivity contribution in [1.82, 2.24) is 4.98 Å². The highest BCUT2D eigenvalue weighted by Crippen LogP contribution is 2.38. The van der Waals surface area contributed by atoms with Crippen molar-refractivity contribution in [2.75, 3.05) is 0 Å². The Morgan fingerprint density at radius 2 is 1.76 bits per heavy atom. The SMILES string of the molecule is N#Cc1c(CN)[nH]c2ccc(Oc3ccc(OP(=O)(O)O)cc3)cc12. The smallest absolute Gasteiger partial charge is 0.457 e. The van der Waals surface area contributed by atoms with Crippen LogP contribution in [-0.2, 0) is 11.1 Å². The van der Waals surface area contributed by atoms with Crippen LogP contribution in [0, 0.1) is 11.3 Å². The Hall–Kier alpha value is -2.82. The molecule has 0 bridgehead atoms. The Balaban J connectivity index is 1.85. The second-order valence-corrected chi connectivity index (χ2v) is 6.32. The molecule has 1 heterocycles. The first-order chi connectivity index (χ1) is 11.9. The minimum Gasteiger partial charge on any atom is -0.457 e. The molecule has 0 unspecified atom stereocenters. The van der Waals surface area contributed by atoms with Gasteiger partial charge in [-0.3, -0.25) is 9.79 Å². The number of ether oxygens (including phenoxy) is 1.